The van der Waals surface area contributed by atoms with Crippen LogP contribution in [0.2, 0.25) is 0 Å². The maximum Gasteiger partial charge on any atom is 0.416 e. The predicted molar refractivity (Wildman–Crippen MR) is 72.0 cm³/mol. The van der Waals surface area contributed by atoms with E-state index in [1.807, 2.05) is 13.8 Å². The van der Waals surface area contributed by atoms with Gasteiger partial charge in [-0.25, -0.2) is 0 Å². The van der Waals surface area contributed by atoms with Crippen LogP contribution in [-0.4, -0.2) is 18.8 Å². The van der Waals surface area contributed by atoms with Crippen molar-refractivity contribution in [1.29, 1.82) is 0 Å². The van der Waals surface area contributed by atoms with Gasteiger partial charge in [0, 0.05) is 13.2 Å². The Morgan fingerprint density at radius 2 is 1.95 bits per heavy atom. The Morgan fingerprint density at radius 3 is 2.45 bits per heavy atom. The fraction of sp³-hybridized carbons (Fsp3) is 0.571. The number of hydrogen-bond acceptors (Lipinski definition) is 3. The molecule has 0 radical (unpaired) electrons. The molecule has 0 aromatic heterocycles. The highest BCUT2D eigenvalue weighted by atomic mass is 19.4. The van der Waals surface area contributed by atoms with Crippen LogP contribution in [0.4, 0.5) is 13.2 Å². The molecule has 20 heavy (non-hydrogen) atoms. The van der Waals surface area contributed by atoms with E-state index >= 15 is 0 Å². The van der Waals surface area contributed by atoms with Gasteiger partial charge in [-0.1, -0.05) is 18.2 Å². The van der Waals surface area contributed by atoms with Gasteiger partial charge in [0.05, 0.1) is 11.2 Å². The zero-order chi connectivity index (χ0) is 15.4. The fourth-order valence-corrected chi connectivity index (χ4v) is 2.03. The zero-order valence-electron chi connectivity index (χ0n) is 11.9. The van der Waals surface area contributed by atoms with Gasteiger partial charge < -0.3 is 4.74 Å². The molecule has 1 aromatic carbocycles. The highest BCUT2D eigenvalue weighted by Gasteiger charge is 2.30. The largest absolute Gasteiger partial charge is 0.416 e. The van der Waals surface area contributed by atoms with E-state index in [4.69, 9.17) is 10.6 Å². The van der Waals surface area contributed by atoms with Crippen molar-refractivity contribution >= 4 is 0 Å². The van der Waals surface area contributed by atoms with Crippen molar-refractivity contribution in [3.8, 4) is 0 Å². The molecular weight excluding hydrogens is 269 g/mol. The number of benzene rings is 1. The maximum atomic E-state index is 12.7. The minimum atomic E-state index is -4.33. The summed E-state index contributed by atoms with van der Waals surface area (Å²) in [6.07, 6.45) is -3.32. The first-order valence-corrected chi connectivity index (χ1v) is 6.35. The molecule has 0 fully saturated rings. The molecule has 114 valence electrons. The lowest BCUT2D eigenvalue weighted by atomic mass is 9.94. The van der Waals surface area contributed by atoms with E-state index in [0.717, 1.165) is 12.1 Å². The van der Waals surface area contributed by atoms with Gasteiger partial charge in [0.1, 0.15) is 0 Å². The number of nitrogens with one attached hydrogen (secondary N) is 1. The topological polar surface area (TPSA) is 47.3 Å². The molecule has 0 bridgehead atoms. The normalized spacial score (nSPS) is 14.3. The molecule has 0 aliphatic carbocycles. The molecule has 0 saturated heterocycles. The highest BCUT2D eigenvalue weighted by molar-refractivity contribution is 5.26. The average molecular weight is 290 g/mol. The Bertz CT molecular complexity index is 433. The van der Waals surface area contributed by atoms with Crippen LogP contribution in [0, 0.1) is 0 Å². The second-order valence-electron chi connectivity index (χ2n) is 5.43. The van der Waals surface area contributed by atoms with Gasteiger partial charge in [-0.3, -0.25) is 11.3 Å². The summed E-state index contributed by atoms with van der Waals surface area (Å²) >= 11 is 0. The maximum absolute atomic E-state index is 12.7. The molecule has 1 rings (SSSR count). The number of rotatable bonds is 6. The van der Waals surface area contributed by atoms with Crippen LogP contribution < -0.4 is 11.3 Å². The van der Waals surface area contributed by atoms with E-state index in [-0.39, 0.29) is 6.04 Å². The third-order valence-corrected chi connectivity index (χ3v) is 3.26. The second kappa shape index (κ2) is 6.56. The van der Waals surface area contributed by atoms with Gasteiger partial charge in [-0.15, -0.1) is 0 Å². The van der Waals surface area contributed by atoms with Crippen LogP contribution in [0.3, 0.4) is 0 Å². The van der Waals surface area contributed by atoms with Crippen LogP contribution in [0.25, 0.3) is 0 Å². The lowest BCUT2D eigenvalue weighted by Gasteiger charge is -2.28. The van der Waals surface area contributed by atoms with Crippen molar-refractivity contribution in [3.63, 3.8) is 0 Å². The van der Waals surface area contributed by atoms with Crippen molar-refractivity contribution in [2.45, 2.75) is 44.5 Å². The van der Waals surface area contributed by atoms with Gasteiger partial charge >= 0.3 is 6.18 Å². The Hall–Kier alpha value is -1.11. The second-order valence-corrected chi connectivity index (χ2v) is 5.43. The number of nitrogens with two attached hydrogens (primary N) is 1. The molecular formula is C14H21F3N2O. The first kappa shape index (κ1) is 16.9. The fourth-order valence-electron chi connectivity index (χ4n) is 2.03. The predicted octanol–water partition coefficient (Wildman–Crippen LogP) is 2.89. The van der Waals surface area contributed by atoms with E-state index in [2.05, 4.69) is 5.43 Å². The first-order valence-electron chi connectivity index (χ1n) is 6.35. The van der Waals surface area contributed by atoms with Crippen molar-refractivity contribution in [3.05, 3.63) is 35.4 Å². The molecule has 3 N–H and O–H groups in total. The molecule has 0 heterocycles. The van der Waals surface area contributed by atoms with E-state index in [1.54, 1.807) is 13.2 Å². The summed E-state index contributed by atoms with van der Waals surface area (Å²) in [5.41, 5.74) is 2.20. The smallest absolute Gasteiger partial charge is 0.379 e. The quantitative estimate of drug-likeness (QED) is 0.625. The molecule has 0 spiro atoms. The Balaban J connectivity index is 2.81. The minimum Gasteiger partial charge on any atom is -0.379 e. The van der Waals surface area contributed by atoms with Crippen LogP contribution in [-0.2, 0) is 17.3 Å². The first-order chi connectivity index (χ1) is 9.18. The Labute approximate surface area is 117 Å². The van der Waals surface area contributed by atoms with Crippen LogP contribution in [0.5, 0.6) is 0 Å². The van der Waals surface area contributed by atoms with Crippen LogP contribution >= 0.6 is 0 Å². The number of halogens is 3. The van der Waals surface area contributed by atoms with Crippen molar-refractivity contribution in [2.75, 3.05) is 7.11 Å². The number of methoxy groups -OCH3 is 1. The molecule has 0 aliphatic heterocycles. The average Bonchev–Trinajstić information content (AvgIpc) is 2.37. The van der Waals surface area contributed by atoms with Gasteiger partial charge in [-0.2, -0.15) is 13.2 Å². The van der Waals surface area contributed by atoms with Crippen LogP contribution in [0.15, 0.2) is 24.3 Å². The van der Waals surface area contributed by atoms with Crippen LogP contribution in [0.1, 0.15) is 31.4 Å². The lowest BCUT2D eigenvalue weighted by molar-refractivity contribution is -0.137. The Kier molecular flexibility index (Phi) is 5.56. The molecule has 1 atom stereocenters. The summed E-state index contributed by atoms with van der Waals surface area (Å²) in [7, 11) is 1.60. The number of alkyl halides is 3. The molecule has 3 nitrogen and oxygen atoms in total. The zero-order valence-corrected chi connectivity index (χ0v) is 11.9. The van der Waals surface area contributed by atoms with Gasteiger partial charge in [0.15, 0.2) is 0 Å². The summed E-state index contributed by atoms with van der Waals surface area (Å²) in [5.74, 6) is 5.48. The van der Waals surface area contributed by atoms with E-state index < -0.39 is 17.3 Å². The molecule has 0 saturated carbocycles. The Morgan fingerprint density at radius 1 is 1.30 bits per heavy atom. The van der Waals surface area contributed by atoms with Crippen molar-refractivity contribution in [1.82, 2.24) is 5.43 Å². The van der Waals surface area contributed by atoms with E-state index in [0.29, 0.717) is 18.4 Å². The van der Waals surface area contributed by atoms with Crippen molar-refractivity contribution < 1.29 is 17.9 Å². The van der Waals surface area contributed by atoms with Gasteiger partial charge in [0.2, 0.25) is 0 Å². The molecule has 1 aromatic rings. The third kappa shape index (κ3) is 5.11. The third-order valence-electron chi connectivity index (χ3n) is 3.26. The van der Waals surface area contributed by atoms with E-state index in [1.165, 1.54) is 6.07 Å². The number of hydrazine groups is 1. The monoisotopic (exact) mass is 290 g/mol. The lowest BCUT2D eigenvalue weighted by Crippen LogP contribution is -2.42. The minimum absolute atomic E-state index is 0.159. The van der Waals surface area contributed by atoms with Gasteiger partial charge in [0.25, 0.3) is 0 Å². The number of hydrogen-bond donors (Lipinski definition) is 2. The van der Waals surface area contributed by atoms with E-state index in [9.17, 15) is 13.2 Å². The summed E-state index contributed by atoms with van der Waals surface area (Å²) in [6, 6.07) is 5.14. The molecule has 0 amide bonds. The standard InChI is InChI=1S/C14H21F3N2O/c1-13(2,20-3)9-12(19-18)8-10-5-4-6-11(7-10)14(15,16)17/h4-7,12,19H,8-9,18H2,1-3H3. The summed E-state index contributed by atoms with van der Waals surface area (Å²) < 4.78 is 43.3. The number of ether oxygens (including phenoxy) is 1. The highest BCUT2D eigenvalue weighted by Crippen LogP contribution is 2.30. The molecule has 1 unspecified atom stereocenters. The van der Waals surface area contributed by atoms with Gasteiger partial charge in [-0.05, 0) is 38.3 Å². The van der Waals surface area contributed by atoms with Crippen molar-refractivity contribution in [2.24, 2.45) is 5.84 Å². The summed E-state index contributed by atoms with van der Waals surface area (Å²) in [6.45, 7) is 3.81. The summed E-state index contributed by atoms with van der Waals surface area (Å²) in [4.78, 5) is 0. The summed E-state index contributed by atoms with van der Waals surface area (Å²) in [5, 5.41) is 0. The molecule has 6 heteroatoms. The SMILES string of the molecule is COC(C)(C)CC(Cc1cccc(C(F)(F)F)c1)NN. The molecule has 0 aliphatic rings.